The Hall–Kier alpha value is -0.890. The highest BCUT2D eigenvalue weighted by Crippen LogP contribution is 2.29. The zero-order valence-electron chi connectivity index (χ0n) is 11.7. The molecule has 1 aliphatic rings. The molecule has 0 radical (unpaired) electrons. The van der Waals surface area contributed by atoms with Gasteiger partial charge < -0.3 is 5.32 Å². The minimum absolute atomic E-state index is 0.142. The van der Waals surface area contributed by atoms with E-state index in [-0.39, 0.29) is 5.82 Å². The standard InChI is InChI=1S/C16H24FN/c1-11-4-7-16(9-12(11)2)18-10-14-5-6-15(17)8-13(14)3/h5-6,8,11-12,16,18H,4,7,9-10H2,1-3H3. The molecule has 1 fully saturated rings. The third-order valence-electron chi connectivity index (χ3n) is 4.48. The summed E-state index contributed by atoms with van der Waals surface area (Å²) in [7, 11) is 0. The highest BCUT2D eigenvalue weighted by Gasteiger charge is 2.23. The van der Waals surface area contributed by atoms with Crippen molar-refractivity contribution in [3.8, 4) is 0 Å². The smallest absolute Gasteiger partial charge is 0.123 e. The highest BCUT2D eigenvalue weighted by molar-refractivity contribution is 5.26. The maximum absolute atomic E-state index is 13.0. The summed E-state index contributed by atoms with van der Waals surface area (Å²) in [6.07, 6.45) is 3.86. The maximum Gasteiger partial charge on any atom is 0.123 e. The van der Waals surface area contributed by atoms with Gasteiger partial charge in [-0.15, -0.1) is 0 Å². The Bertz CT molecular complexity index is 402. The normalized spacial score (nSPS) is 28.3. The lowest BCUT2D eigenvalue weighted by Crippen LogP contribution is -2.35. The first-order valence-electron chi connectivity index (χ1n) is 7.04. The van der Waals surface area contributed by atoms with Crippen LogP contribution in [0.25, 0.3) is 0 Å². The molecule has 0 aromatic heterocycles. The van der Waals surface area contributed by atoms with Gasteiger partial charge in [0, 0.05) is 12.6 Å². The van der Waals surface area contributed by atoms with Gasteiger partial charge >= 0.3 is 0 Å². The average molecular weight is 249 g/mol. The van der Waals surface area contributed by atoms with Gasteiger partial charge in [0.15, 0.2) is 0 Å². The maximum atomic E-state index is 13.0. The van der Waals surface area contributed by atoms with Crippen molar-refractivity contribution in [3.63, 3.8) is 0 Å². The quantitative estimate of drug-likeness (QED) is 0.852. The Morgan fingerprint density at radius 2 is 2.00 bits per heavy atom. The van der Waals surface area contributed by atoms with Gasteiger partial charge in [-0.05, 0) is 61.3 Å². The third-order valence-corrected chi connectivity index (χ3v) is 4.48. The van der Waals surface area contributed by atoms with Gasteiger partial charge in [0.1, 0.15) is 5.82 Å². The Morgan fingerprint density at radius 1 is 1.22 bits per heavy atom. The minimum Gasteiger partial charge on any atom is -0.310 e. The molecule has 1 aromatic rings. The summed E-state index contributed by atoms with van der Waals surface area (Å²) in [6.45, 7) is 7.54. The second-order valence-electron chi connectivity index (χ2n) is 5.92. The molecule has 1 aromatic carbocycles. The molecular formula is C16H24FN. The fraction of sp³-hybridized carbons (Fsp3) is 0.625. The number of nitrogens with one attached hydrogen (secondary N) is 1. The molecule has 0 amide bonds. The molecule has 0 bridgehead atoms. The number of hydrogen-bond donors (Lipinski definition) is 1. The van der Waals surface area contributed by atoms with Crippen LogP contribution in [-0.4, -0.2) is 6.04 Å². The van der Waals surface area contributed by atoms with Gasteiger partial charge in [0.2, 0.25) is 0 Å². The van der Waals surface area contributed by atoms with Gasteiger partial charge in [-0.2, -0.15) is 0 Å². The fourth-order valence-corrected chi connectivity index (χ4v) is 2.84. The lowest BCUT2D eigenvalue weighted by Gasteiger charge is -2.32. The lowest BCUT2D eigenvalue weighted by atomic mass is 9.79. The van der Waals surface area contributed by atoms with E-state index in [1.165, 1.54) is 24.8 Å². The van der Waals surface area contributed by atoms with E-state index in [0.717, 1.165) is 23.9 Å². The van der Waals surface area contributed by atoms with Crippen molar-refractivity contribution in [2.24, 2.45) is 11.8 Å². The summed E-state index contributed by atoms with van der Waals surface area (Å²) in [5.74, 6) is 1.53. The number of rotatable bonds is 3. The summed E-state index contributed by atoms with van der Waals surface area (Å²) in [6, 6.07) is 5.69. The van der Waals surface area contributed by atoms with Gasteiger partial charge in [0.25, 0.3) is 0 Å². The van der Waals surface area contributed by atoms with Crippen molar-refractivity contribution in [3.05, 3.63) is 35.1 Å². The molecule has 0 spiro atoms. The van der Waals surface area contributed by atoms with E-state index >= 15 is 0 Å². The zero-order chi connectivity index (χ0) is 13.1. The van der Waals surface area contributed by atoms with Crippen LogP contribution in [0.4, 0.5) is 4.39 Å². The first-order valence-corrected chi connectivity index (χ1v) is 7.04. The van der Waals surface area contributed by atoms with Crippen molar-refractivity contribution in [1.29, 1.82) is 0 Å². The second kappa shape index (κ2) is 5.83. The SMILES string of the molecule is Cc1cc(F)ccc1CNC1CCC(C)C(C)C1. The molecular weight excluding hydrogens is 225 g/mol. The van der Waals surface area contributed by atoms with E-state index < -0.39 is 0 Å². The monoisotopic (exact) mass is 249 g/mol. The first-order chi connectivity index (χ1) is 8.56. The van der Waals surface area contributed by atoms with Crippen LogP contribution >= 0.6 is 0 Å². The van der Waals surface area contributed by atoms with Crippen LogP contribution < -0.4 is 5.32 Å². The van der Waals surface area contributed by atoms with Crippen LogP contribution in [0.1, 0.15) is 44.2 Å². The Morgan fingerprint density at radius 3 is 2.67 bits per heavy atom. The van der Waals surface area contributed by atoms with E-state index in [1.807, 2.05) is 13.0 Å². The lowest BCUT2D eigenvalue weighted by molar-refractivity contribution is 0.225. The summed E-state index contributed by atoms with van der Waals surface area (Å²) < 4.78 is 13.0. The molecule has 1 aliphatic carbocycles. The van der Waals surface area contributed by atoms with Gasteiger partial charge in [-0.25, -0.2) is 4.39 Å². The van der Waals surface area contributed by atoms with Crippen LogP contribution in [0, 0.1) is 24.6 Å². The Labute approximate surface area is 110 Å². The van der Waals surface area contributed by atoms with E-state index in [9.17, 15) is 4.39 Å². The molecule has 1 nitrogen and oxygen atoms in total. The summed E-state index contributed by atoms with van der Waals surface area (Å²) in [5, 5.41) is 3.63. The molecule has 2 rings (SSSR count). The minimum atomic E-state index is -0.142. The molecule has 3 atom stereocenters. The Kier molecular flexibility index (Phi) is 4.39. The first kappa shape index (κ1) is 13.5. The van der Waals surface area contributed by atoms with Gasteiger partial charge in [0.05, 0.1) is 0 Å². The molecule has 2 heteroatoms. The summed E-state index contributed by atoms with van der Waals surface area (Å²) in [5.41, 5.74) is 2.25. The van der Waals surface area contributed by atoms with Gasteiger partial charge in [-0.1, -0.05) is 19.9 Å². The van der Waals surface area contributed by atoms with Crippen molar-refractivity contribution in [2.45, 2.75) is 52.6 Å². The number of benzene rings is 1. The predicted octanol–water partition coefficient (Wildman–Crippen LogP) is 4.05. The van der Waals surface area contributed by atoms with Crippen molar-refractivity contribution < 1.29 is 4.39 Å². The largest absolute Gasteiger partial charge is 0.310 e. The molecule has 0 heterocycles. The third kappa shape index (κ3) is 3.32. The van der Waals surface area contributed by atoms with Gasteiger partial charge in [-0.3, -0.25) is 0 Å². The molecule has 0 aliphatic heterocycles. The second-order valence-corrected chi connectivity index (χ2v) is 5.92. The van der Waals surface area contributed by atoms with Crippen molar-refractivity contribution in [1.82, 2.24) is 5.32 Å². The van der Waals surface area contributed by atoms with E-state index in [0.29, 0.717) is 6.04 Å². The van der Waals surface area contributed by atoms with Crippen LogP contribution in [0.15, 0.2) is 18.2 Å². The fourth-order valence-electron chi connectivity index (χ4n) is 2.84. The molecule has 0 saturated heterocycles. The van der Waals surface area contributed by atoms with Crippen LogP contribution in [0.2, 0.25) is 0 Å². The van der Waals surface area contributed by atoms with Crippen molar-refractivity contribution >= 4 is 0 Å². The molecule has 1 N–H and O–H groups in total. The Balaban J connectivity index is 1.88. The summed E-state index contributed by atoms with van der Waals surface area (Å²) >= 11 is 0. The number of hydrogen-bond acceptors (Lipinski definition) is 1. The van der Waals surface area contributed by atoms with E-state index in [2.05, 4.69) is 19.2 Å². The molecule has 3 unspecified atom stereocenters. The molecule has 18 heavy (non-hydrogen) atoms. The number of aryl methyl sites for hydroxylation is 1. The zero-order valence-corrected chi connectivity index (χ0v) is 11.7. The van der Waals surface area contributed by atoms with Crippen LogP contribution in [0.5, 0.6) is 0 Å². The molecule has 100 valence electrons. The summed E-state index contributed by atoms with van der Waals surface area (Å²) in [4.78, 5) is 0. The van der Waals surface area contributed by atoms with E-state index in [1.54, 1.807) is 12.1 Å². The predicted molar refractivity (Wildman–Crippen MR) is 73.9 cm³/mol. The van der Waals surface area contributed by atoms with Crippen LogP contribution in [-0.2, 0) is 6.54 Å². The van der Waals surface area contributed by atoms with Crippen molar-refractivity contribution in [2.75, 3.05) is 0 Å². The highest BCUT2D eigenvalue weighted by atomic mass is 19.1. The van der Waals surface area contributed by atoms with Crippen LogP contribution in [0.3, 0.4) is 0 Å². The molecule has 1 saturated carbocycles. The average Bonchev–Trinajstić information content (AvgIpc) is 2.32. The topological polar surface area (TPSA) is 12.0 Å². The number of halogens is 1. The van der Waals surface area contributed by atoms with E-state index in [4.69, 9.17) is 0 Å².